The molecule has 1 N–H and O–H groups in total. The van der Waals surface area contributed by atoms with Gasteiger partial charge in [-0.25, -0.2) is 0 Å². The van der Waals surface area contributed by atoms with Gasteiger partial charge in [-0.15, -0.1) is 0 Å². The van der Waals surface area contributed by atoms with Crippen LogP contribution < -0.4 is 0 Å². The van der Waals surface area contributed by atoms with E-state index in [0.717, 1.165) is 38.5 Å². The number of carbonyl (C=O) groups is 3. The zero-order chi connectivity index (χ0) is 22.7. The van der Waals surface area contributed by atoms with E-state index in [-0.39, 0.29) is 25.0 Å². The minimum absolute atomic E-state index is 0.0236. The van der Waals surface area contributed by atoms with E-state index >= 15 is 0 Å². The number of fused-ring (bicyclic) bond motifs is 2. The number of rotatable bonds is 6. The first kappa shape index (κ1) is 23.0. The molecule has 2 saturated heterocycles. The lowest BCUT2D eigenvalue weighted by Gasteiger charge is -2.35. The van der Waals surface area contributed by atoms with E-state index in [1.54, 1.807) is 4.90 Å². The lowest BCUT2D eigenvalue weighted by atomic mass is 9.78. The third-order valence-electron chi connectivity index (χ3n) is 7.06. The van der Waals surface area contributed by atoms with Crippen molar-refractivity contribution < 1.29 is 29.0 Å². The number of nitrogens with zero attached hydrogens (tertiary/aromatic N) is 2. The van der Waals surface area contributed by atoms with E-state index < -0.39 is 35.6 Å². The van der Waals surface area contributed by atoms with Crippen LogP contribution in [0.3, 0.4) is 0 Å². The van der Waals surface area contributed by atoms with Crippen molar-refractivity contribution in [3.8, 4) is 0 Å². The molecule has 0 aromatic carbocycles. The summed E-state index contributed by atoms with van der Waals surface area (Å²) in [6.07, 6.45) is 12.4. The summed E-state index contributed by atoms with van der Waals surface area (Å²) in [6, 6.07) is -0.897. The third kappa shape index (κ3) is 3.88. The molecule has 2 amide bonds. The van der Waals surface area contributed by atoms with Crippen molar-refractivity contribution in [3.63, 3.8) is 0 Å². The highest BCUT2D eigenvalue weighted by Gasteiger charge is 2.71. The minimum Gasteiger partial charge on any atom is -0.465 e. The minimum atomic E-state index is -1.24. The van der Waals surface area contributed by atoms with E-state index in [1.807, 2.05) is 24.3 Å². The van der Waals surface area contributed by atoms with Crippen LogP contribution in [-0.2, 0) is 23.9 Å². The quantitative estimate of drug-likeness (QED) is 0.377. The number of hydrogen-bond donors (Lipinski definition) is 1. The smallest absolute Gasteiger partial charge is 0.312 e. The van der Waals surface area contributed by atoms with Crippen LogP contribution in [0.15, 0.2) is 24.3 Å². The second-order valence-corrected chi connectivity index (χ2v) is 9.08. The molecule has 4 aliphatic rings. The van der Waals surface area contributed by atoms with Crippen molar-refractivity contribution in [3.05, 3.63) is 24.3 Å². The van der Waals surface area contributed by atoms with Crippen LogP contribution in [0, 0.1) is 11.8 Å². The van der Waals surface area contributed by atoms with Crippen LogP contribution in [0.25, 0.3) is 0 Å². The summed E-state index contributed by atoms with van der Waals surface area (Å²) < 4.78 is 12.0. The summed E-state index contributed by atoms with van der Waals surface area (Å²) in [5, 5.41) is 9.65. The Balaban J connectivity index is 1.73. The molecule has 32 heavy (non-hydrogen) atoms. The average Bonchev–Trinajstić information content (AvgIpc) is 3.16. The van der Waals surface area contributed by atoms with Gasteiger partial charge in [-0.05, 0) is 25.7 Å². The van der Waals surface area contributed by atoms with Crippen molar-refractivity contribution in [2.45, 2.75) is 63.2 Å². The second-order valence-electron chi connectivity index (χ2n) is 9.08. The number of aliphatic hydroxyl groups excluding tert-OH is 1. The molecule has 8 heteroatoms. The Morgan fingerprint density at radius 1 is 1.12 bits per heavy atom. The Hall–Kier alpha value is -2.19. The molecule has 0 saturated carbocycles. The highest BCUT2D eigenvalue weighted by atomic mass is 16.6. The number of hydrogen-bond acceptors (Lipinski definition) is 6. The van der Waals surface area contributed by atoms with Crippen molar-refractivity contribution in [1.82, 2.24) is 9.80 Å². The number of cyclic esters (lactones) is 1. The molecule has 8 nitrogen and oxygen atoms in total. The summed E-state index contributed by atoms with van der Waals surface area (Å²) in [5.41, 5.74) is -1.24. The Morgan fingerprint density at radius 2 is 1.97 bits per heavy atom. The monoisotopic (exact) mass is 446 g/mol. The van der Waals surface area contributed by atoms with Crippen molar-refractivity contribution in [2.24, 2.45) is 11.8 Å². The summed E-state index contributed by atoms with van der Waals surface area (Å²) in [5.74, 6) is -2.63. The lowest BCUT2D eigenvalue weighted by molar-refractivity contribution is -0.155. The highest BCUT2D eigenvalue weighted by molar-refractivity contribution is 5.99. The van der Waals surface area contributed by atoms with Gasteiger partial charge in [0.2, 0.25) is 11.8 Å². The molecule has 176 valence electrons. The molecule has 4 aliphatic heterocycles. The summed E-state index contributed by atoms with van der Waals surface area (Å²) >= 11 is 0. The number of aliphatic hydroxyl groups is 1. The molecule has 4 rings (SSSR count). The topological polar surface area (TPSA) is 96.4 Å². The van der Waals surface area contributed by atoms with E-state index in [9.17, 15) is 19.5 Å². The first-order chi connectivity index (χ1) is 15.5. The van der Waals surface area contributed by atoms with Gasteiger partial charge in [0.15, 0.2) is 0 Å². The predicted octanol–water partition coefficient (Wildman–Crippen LogP) is 1.43. The van der Waals surface area contributed by atoms with Gasteiger partial charge < -0.3 is 24.4 Å². The fourth-order valence-corrected chi connectivity index (χ4v) is 5.56. The third-order valence-corrected chi connectivity index (χ3v) is 7.06. The molecular formula is C24H34N2O6. The highest BCUT2D eigenvalue weighted by Crippen LogP contribution is 2.52. The van der Waals surface area contributed by atoms with Crippen molar-refractivity contribution in [2.75, 3.05) is 32.8 Å². The Bertz CT molecular complexity index is 795. The fraction of sp³-hybridized carbons (Fsp3) is 0.708. The Labute approximate surface area is 189 Å². The molecule has 2 fully saturated rings. The number of unbranched alkanes of at least 4 members (excludes halogenated alkanes) is 2. The van der Waals surface area contributed by atoms with Crippen LogP contribution in [0.4, 0.5) is 0 Å². The molecule has 0 bridgehead atoms. The van der Waals surface area contributed by atoms with Crippen LogP contribution in [-0.4, -0.2) is 83.3 Å². The maximum atomic E-state index is 13.7. The zero-order valence-corrected chi connectivity index (χ0v) is 18.8. The Kier molecular flexibility index (Phi) is 7.00. The summed E-state index contributed by atoms with van der Waals surface area (Å²) in [7, 11) is 0. The largest absolute Gasteiger partial charge is 0.465 e. The molecule has 0 aliphatic carbocycles. The number of amides is 2. The maximum absolute atomic E-state index is 13.7. The lowest BCUT2D eigenvalue weighted by Crippen LogP contribution is -2.55. The van der Waals surface area contributed by atoms with Crippen LogP contribution in [0.5, 0.6) is 0 Å². The van der Waals surface area contributed by atoms with Crippen LogP contribution >= 0.6 is 0 Å². The first-order valence-electron chi connectivity index (χ1n) is 11.9. The molecule has 0 aromatic heterocycles. The Morgan fingerprint density at radius 3 is 2.75 bits per heavy atom. The molecular weight excluding hydrogens is 412 g/mol. The van der Waals surface area contributed by atoms with Gasteiger partial charge in [0, 0.05) is 19.6 Å². The normalized spacial score (nSPS) is 35.8. The van der Waals surface area contributed by atoms with Gasteiger partial charge in [0.05, 0.1) is 25.2 Å². The molecule has 1 spiro atoms. The second kappa shape index (κ2) is 9.75. The van der Waals surface area contributed by atoms with E-state index in [1.165, 1.54) is 4.90 Å². The van der Waals surface area contributed by atoms with Gasteiger partial charge in [-0.1, -0.05) is 44.1 Å². The fourth-order valence-electron chi connectivity index (χ4n) is 5.56. The molecule has 4 heterocycles. The summed E-state index contributed by atoms with van der Waals surface area (Å²) in [6.45, 7) is 3.22. The molecule has 1 unspecified atom stereocenters. The number of β-amino-alcohol motifs (C(OH)–C–C–N with tert-alkyl or cyclic N) is 1. The number of esters is 1. The van der Waals surface area contributed by atoms with Crippen LogP contribution in [0.2, 0.25) is 0 Å². The van der Waals surface area contributed by atoms with E-state index in [2.05, 4.69) is 6.92 Å². The van der Waals surface area contributed by atoms with E-state index in [4.69, 9.17) is 9.47 Å². The van der Waals surface area contributed by atoms with Gasteiger partial charge in [-0.2, -0.15) is 0 Å². The van der Waals surface area contributed by atoms with Gasteiger partial charge in [0.25, 0.3) is 0 Å². The molecule has 0 radical (unpaired) electrons. The predicted molar refractivity (Wildman–Crippen MR) is 116 cm³/mol. The summed E-state index contributed by atoms with van der Waals surface area (Å²) in [4.78, 5) is 43.6. The number of ether oxygens (including phenoxy) is 2. The zero-order valence-electron chi connectivity index (χ0n) is 18.8. The molecule has 5 atom stereocenters. The van der Waals surface area contributed by atoms with Gasteiger partial charge in [-0.3, -0.25) is 14.4 Å². The van der Waals surface area contributed by atoms with Crippen molar-refractivity contribution >= 4 is 17.8 Å². The SMILES string of the molecule is CCCCCN1CC=C[C@]23O[C@H]4/C=C\CCCCOC(=O)[C@H]4[C@H]2C(=O)N(CCO)C3C1=O. The average molecular weight is 447 g/mol. The number of carbonyl (C=O) groups excluding carboxylic acids is 3. The number of allylic oxidation sites excluding steroid dienone is 1. The van der Waals surface area contributed by atoms with E-state index in [0.29, 0.717) is 19.7 Å². The van der Waals surface area contributed by atoms with Gasteiger partial charge >= 0.3 is 5.97 Å². The number of likely N-dealkylation sites (tertiary alicyclic amines) is 1. The van der Waals surface area contributed by atoms with Gasteiger partial charge in [0.1, 0.15) is 17.6 Å². The maximum Gasteiger partial charge on any atom is 0.312 e. The molecule has 0 aromatic rings. The van der Waals surface area contributed by atoms with Crippen LogP contribution in [0.1, 0.15) is 45.4 Å². The first-order valence-corrected chi connectivity index (χ1v) is 11.9. The standard InChI is InChI=1S/C24H34N2O6/c1-2-3-7-12-25-13-9-11-24-19(21(28)26(14-15-27)20(24)22(25)29)18-17(32-24)10-6-4-5-8-16-31-23(18)30/h6,9-11,17-20,27H,2-5,7-8,12-16H2,1H3/b10-6-/t17-,18+,19-,20?,24-/m0/s1. The van der Waals surface area contributed by atoms with Crippen molar-refractivity contribution in [1.29, 1.82) is 0 Å².